The molecule has 1 aromatic carbocycles. The Morgan fingerprint density at radius 3 is 2.71 bits per heavy atom. The van der Waals surface area contributed by atoms with E-state index in [1.807, 2.05) is 0 Å². The molecule has 0 bridgehead atoms. The van der Waals surface area contributed by atoms with Crippen molar-refractivity contribution in [1.82, 2.24) is 5.32 Å². The maximum atomic E-state index is 3.40. The number of benzene rings is 1. The molecule has 0 atom stereocenters. The van der Waals surface area contributed by atoms with Gasteiger partial charge in [0.15, 0.2) is 0 Å². The highest BCUT2D eigenvalue weighted by Gasteiger charge is 2.04. The summed E-state index contributed by atoms with van der Waals surface area (Å²) in [5, 5.41) is 6.76. The molecule has 0 aromatic heterocycles. The van der Waals surface area contributed by atoms with Crippen molar-refractivity contribution in [1.29, 1.82) is 0 Å². The fourth-order valence-electron chi connectivity index (χ4n) is 1.52. The van der Waals surface area contributed by atoms with Gasteiger partial charge in [0.05, 0.1) is 0 Å². The highest BCUT2D eigenvalue weighted by Crippen LogP contribution is 2.18. The topological polar surface area (TPSA) is 24.1 Å². The monoisotopic (exact) mass is 234 g/mol. The summed E-state index contributed by atoms with van der Waals surface area (Å²) in [5.41, 5.74) is 3.99. The molecule has 1 aromatic rings. The van der Waals surface area contributed by atoms with E-state index in [-0.39, 0.29) is 24.8 Å². The van der Waals surface area contributed by atoms with E-state index >= 15 is 0 Å². The molecule has 1 heterocycles. The summed E-state index contributed by atoms with van der Waals surface area (Å²) in [4.78, 5) is 0. The van der Waals surface area contributed by atoms with Crippen LogP contribution in [0.3, 0.4) is 0 Å². The quantitative estimate of drug-likeness (QED) is 0.721. The Morgan fingerprint density at radius 1 is 1.14 bits per heavy atom. The molecule has 0 saturated heterocycles. The maximum Gasteiger partial charge on any atom is 0.0388 e. The summed E-state index contributed by atoms with van der Waals surface area (Å²) in [6.45, 7) is 5.19. The number of aryl methyl sites for hydroxylation is 1. The Balaban J connectivity index is 0.000000845. The van der Waals surface area contributed by atoms with Gasteiger partial charge in [0.25, 0.3) is 0 Å². The third kappa shape index (κ3) is 3.05. The minimum Gasteiger partial charge on any atom is -0.383 e. The molecule has 0 amide bonds. The Kier molecular flexibility index (Phi) is 5.93. The zero-order valence-electron chi connectivity index (χ0n) is 8.17. The largest absolute Gasteiger partial charge is 0.383 e. The average molecular weight is 235 g/mol. The Bertz CT molecular complexity index is 289. The van der Waals surface area contributed by atoms with Crippen molar-refractivity contribution in [2.24, 2.45) is 0 Å². The van der Waals surface area contributed by atoms with E-state index in [4.69, 9.17) is 0 Å². The van der Waals surface area contributed by atoms with Crippen molar-refractivity contribution in [3.05, 3.63) is 29.3 Å². The van der Waals surface area contributed by atoms with Crippen LogP contribution in [-0.2, 0) is 6.54 Å². The molecule has 0 radical (unpaired) electrons. The summed E-state index contributed by atoms with van der Waals surface area (Å²) in [6, 6.07) is 6.56. The third-order valence-electron chi connectivity index (χ3n) is 2.20. The van der Waals surface area contributed by atoms with Gasteiger partial charge in [-0.15, -0.1) is 24.8 Å². The molecule has 0 spiro atoms. The molecule has 1 aliphatic rings. The third-order valence-corrected chi connectivity index (χ3v) is 2.20. The lowest BCUT2D eigenvalue weighted by atomic mass is 10.1. The number of fused-ring (bicyclic) bond motifs is 1. The van der Waals surface area contributed by atoms with E-state index in [1.54, 1.807) is 0 Å². The Labute approximate surface area is 97.3 Å². The second-order valence-electron chi connectivity index (χ2n) is 3.26. The smallest absolute Gasteiger partial charge is 0.0388 e. The number of nitrogens with one attached hydrogen (secondary N) is 2. The van der Waals surface area contributed by atoms with E-state index < -0.39 is 0 Å². The molecule has 0 aliphatic carbocycles. The van der Waals surface area contributed by atoms with Crippen molar-refractivity contribution in [2.75, 3.05) is 18.4 Å². The number of anilines is 1. The summed E-state index contributed by atoms with van der Waals surface area (Å²) in [6.07, 6.45) is 0. The van der Waals surface area contributed by atoms with Crippen molar-refractivity contribution < 1.29 is 0 Å². The van der Waals surface area contributed by atoms with Crippen LogP contribution in [0.25, 0.3) is 0 Å². The first-order valence-electron chi connectivity index (χ1n) is 4.40. The first kappa shape index (κ1) is 13.6. The van der Waals surface area contributed by atoms with Gasteiger partial charge in [0.2, 0.25) is 0 Å². The van der Waals surface area contributed by atoms with Gasteiger partial charge in [-0.05, 0) is 24.1 Å². The second-order valence-corrected chi connectivity index (χ2v) is 3.26. The zero-order chi connectivity index (χ0) is 8.39. The number of hydrogen-bond donors (Lipinski definition) is 2. The number of rotatable bonds is 0. The minimum absolute atomic E-state index is 0. The van der Waals surface area contributed by atoms with Crippen LogP contribution in [-0.4, -0.2) is 13.1 Å². The van der Waals surface area contributed by atoms with Crippen LogP contribution in [0.1, 0.15) is 11.1 Å². The Hall–Kier alpha value is -0.440. The average Bonchev–Trinajstić information content (AvgIpc) is 2.28. The maximum absolute atomic E-state index is 3.40. The fraction of sp³-hybridized carbons (Fsp3) is 0.400. The van der Waals surface area contributed by atoms with Crippen LogP contribution in [0.2, 0.25) is 0 Å². The standard InChI is InChI=1S/C10H14N2.2ClH/c1-8-2-3-9-7-11-4-5-12-10(9)6-8;;/h2-3,6,11-12H,4-5,7H2,1H3;2*1H. The first-order chi connectivity index (χ1) is 5.86. The molecular weight excluding hydrogens is 219 g/mol. The lowest BCUT2D eigenvalue weighted by molar-refractivity contribution is 0.725. The fourth-order valence-corrected chi connectivity index (χ4v) is 1.52. The van der Waals surface area contributed by atoms with Gasteiger partial charge >= 0.3 is 0 Å². The SMILES string of the molecule is Cc1ccc2c(c1)NCCNC2.Cl.Cl. The first-order valence-corrected chi connectivity index (χ1v) is 4.40. The molecule has 4 heteroatoms. The summed E-state index contributed by atoms with van der Waals surface area (Å²) in [5.74, 6) is 0. The van der Waals surface area contributed by atoms with Gasteiger partial charge in [-0.25, -0.2) is 0 Å². The van der Waals surface area contributed by atoms with Gasteiger partial charge in [0, 0.05) is 25.3 Å². The summed E-state index contributed by atoms with van der Waals surface area (Å²) in [7, 11) is 0. The molecule has 0 unspecified atom stereocenters. The van der Waals surface area contributed by atoms with E-state index in [2.05, 4.69) is 35.8 Å². The highest BCUT2D eigenvalue weighted by atomic mass is 35.5. The molecule has 2 N–H and O–H groups in total. The van der Waals surface area contributed by atoms with Crippen LogP contribution < -0.4 is 10.6 Å². The van der Waals surface area contributed by atoms with Crippen LogP contribution in [0.5, 0.6) is 0 Å². The highest BCUT2D eigenvalue weighted by molar-refractivity contribution is 5.85. The van der Waals surface area contributed by atoms with Gasteiger partial charge in [-0.3, -0.25) is 0 Å². The van der Waals surface area contributed by atoms with Crippen molar-refractivity contribution in [3.63, 3.8) is 0 Å². The molecule has 1 aliphatic heterocycles. The lowest BCUT2D eigenvalue weighted by Gasteiger charge is -2.07. The number of hydrogen-bond acceptors (Lipinski definition) is 2. The lowest BCUT2D eigenvalue weighted by Crippen LogP contribution is -2.16. The summed E-state index contributed by atoms with van der Waals surface area (Å²) < 4.78 is 0. The number of halogens is 2. The van der Waals surface area contributed by atoms with E-state index in [0.717, 1.165) is 19.6 Å². The van der Waals surface area contributed by atoms with Crippen LogP contribution >= 0.6 is 24.8 Å². The second kappa shape index (κ2) is 6.12. The van der Waals surface area contributed by atoms with Gasteiger partial charge in [-0.2, -0.15) is 0 Å². The van der Waals surface area contributed by atoms with Crippen LogP contribution in [0.15, 0.2) is 18.2 Å². The molecule has 2 nitrogen and oxygen atoms in total. The van der Waals surface area contributed by atoms with E-state index in [9.17, 15) is 0 Å². The molecule has 2 rings (SSSR count). The molecule has 80 valence electrons. The van der Waals surface area contributed by atoms with Crippen molar-refractivity contribution in [2.45, 2.75) is 13.5 Å². The minimum atomic E-state index is 0. The molecule has 14 heavy (non-hydrogen) atoms. The van der Waals surface area contributed by atoms with Crippen molar-refractivity contribution in [3.8, 4) is 0 Å². The van der Waals surface area contributed by atoms with Crippen LogP contribution in [0.4, 0.5) is 5.69 Å². The summed E-state index contributed by atoms with van der Waals surface area (Å²) >= 11 is 0. The van der Waals surface area contributed by atoms with Crippen molar-refractivity contribution >= 4 is 30.5 Å². The van der Waals surface area contributed by atoms with Crippen LogP contribution in [0, 0.1) is 6.92 Å². The van der Waals surface area contributed by atoms with E-state index in [1.165, 1.54) is 16.8 Å². The van der Waals surface area contributed by atoms with Gasteiger partial charge < -0.3 is 10.6 Å². The van der Waals surface area contributed by atoms with Gasteiger partial charge in [0.1, 0.15) is 0 Å². The zero-order valence-corrected chi connectivity index (χ0v) is 9.80. The Morgan fingerprint density at radius 2 is 1.93 bits per heavy atom. The predicted molar refractivity (Wildman–Crippen MR) is 65.9 cm³/mol. The van der Waals surface area contributed by atoms with E-state index in [0.29, 0.717) is 0 Å². The normalized spacial score (nSPS) is 13.8. The molecule has 0 saturated carbocycles. The molecule has 0 fully saturated rings. The molecular formula is C10H16Cl2N2. The predicted octanol–water partition coefficient (Wildman–Crippen LogP) is 2.35. The van der Waals surface area contributed by atoms with Gasteiger partial charge in [-0.1, -0.05) is 12.1 Å².